The molecule has 0 aromatic heterocycles. The molecule has 6 heteroatoms. The topological polar surface area (TPSA) is 82.0 Å². The van der Waals surface area contributed by atoms with Crippen LogP contribution in [0.3, 0.4) is 0 Å². The van der Waals surface area contributed by atoms with Crippen molar-refractivity contribution in [1.29, 1.82) is 5.26 Å². The van der Waals surface area contributed by atoms with Gasteiger partial charge in [-0.2, -0.15) is 5.26 Å². The maximum Gasteiger partial charge on any atom is 0.234 e. The molecule has 1 fully saturated rings. The molecule has 1 atom stereocenters. The van der Waals surface area contributed by atoms with Crippen LogP contribution in [0.15, 0.2) is 24.3 Å². The molecule has 0 amide bonds. The number of anilines is 1. The van der Waals surface area contributed by atoms with Gasteiger partial charge in [-0.1, -0.05) is 0 Å². The fourth-order valence-corrected chi connectivity index (χ4v) is 3.39. The number of rotatable bonds is 4. The van der Waals surface area contributed by atoms with Crippen molar-refractivity contribution in [2.75, 3.05) is 17.0 Å². The van der Waals surface area contributed by atoms with Crippen LogP contribution >= 0.6 is 0 Å². The van der Waals surface area contributed by atoms with Gasteiger partial charge in [0.1, 0.15) is 0 Å². The van der Waals surface area contributed by atoms with Crippen molar-refractivity contribution >= 4 is 15.7 Å². The van der Waals surface area contributed by atoms with Gasteiger partial charge >= 0.3 is 0 Å². The molecule has 1 saturated heterocycles. The molecule has 1 aliphatic heterocycles. The van der Waals surface area contributed by atoms with Crippen molar-refractivity contribution in [2.24, 2.45) is 0 Å². The van der Waals surface area contributed by atoms with Gasteiger partial charge in [-0.05, 0) is 43.7 Å². The van der Waals surface area contributed by atoms with Gasteiger partial charge in [0.2, 0.25) is 10.0 Å². The van der Waals surface area contributed by atoms with E-state index in [-0.39, 0.29) is 11.8 Å². The molecule has 1 aliphatic rings. The zero-order valence-electron chi connectivity index (χ0n) is 9.89. The summed E-state index contributed by atoms with van der Waals surface area (Å²) in [6.45, 7) is 0.886. The van der Waals surface area contributed by atoms with Gasteiger partial charge in [-0.15, -0.1) is 0 Å². The van der Waals surface area contributed by atoms with Gasteiger partial charge in [0.25, 0.3) is 0 Å². The minimum absolute atomic E-state index is 0.0425. The number of hydrogen-bond acceptors (Lipinski definition) is 4. The van der Waals surface area contributed by atoms with Crippen molar-refractivity contribution in [3.05, 3.63) is 29.8 Å². The number of nitrogens with zero attached hydrogens (tertiary/aromatic N) is 1. The van der Waals surface area contributed by atoms with Crippen molar-refractivity contribution in [3.63, 3.8) is 0 Å². The lowest BCUT2D eigenvalue weighted by molar-refractivity contribution is 0.582. The van der Waals surface area contributed by atoms with Crippen LogP contribution in [0.1, 0.15) is 18.4 Å². The number of benzene rings is 1. The molecule has 1 heterocycles. The minimum Gasteiger partial charge on any atom is -0.313 e. The van der Waals surface area contributed by atoms with Gasteiger partial charge in [-0.3, -0.25) is 4.72 Å². The van der Waals surface area contributed by atoms with E-state index in [1.54, 1.807) is 24.3 Å². The van der Waals surface area contributed by atoms with E-state index in [9.17, 15) is 8.42 Å². The van der Waals surface area contributed by atoms with Crippen LogP contribution in [0, 0.1) is 11.3 Å². The monoisotopic (exact) mass is 265 g/mol. The molecule has 1 aromatic rings. The van der Waals surface area contributed by atoms with E-state index < -0.39 is 10.0 Å². The highest BCUT2D eigenvalue weighted by molar-refractivity contribution is 7.92. The molecule has 0 spiro atoms. The molecule has 0 radical (unpaired) electrons. The van der Waals surface area contributed by atoms with Gasteiger partial charge in [0.15, 0.2) is 0 Å². The number of sulfonamides is 1. The molecule has 2 N–H and O–H groups in total. The van der Waals surface area contributed by atoms with E-state index in [0.29, 0.717) is 11.3 Å². The second kappa shape index (κ2) is 5.38. The highest BCUT2D eigenvalue weighted by atomic mass is 32.2. The Morgan fingerprint density at radius 1 is 1.39 bits per heavy atom. The van der Waals surface area contributed by atoms with Crippen LogP contribution in [-0.2, 0) is 10.0 Å². The molecule has 1 aromatic carbocycles. The second-order valence-electron chi connectivity index (χ2n) is 4.37. The van der Waals surface area contributed by atoms with Crippen molar-refractivity contribution in [1.82, 2.24) is 5.32 Å². The first kappa shape index (κ1) is 12.9. The second-order valence-corrected chi connectivity index (χ2v) is 6.13. The molecule has 1 unspecified atom stereocenters. The summed E-state index contributed by atoms with van der Waals surface area (Å²) in [7, 11) is -3.33. The summed E-state index contributed by atoms with van der Waals surface area (Å²) in [5.74, 6) is 0.0903. The molecule has 5 nitrogen and oxygen atoms in total. The Morgan fingerprint density at radius 3 is 2.67 bits per heavy atom. The first-order valence-electron chi connectivity index (χ1n) is 5.83. The fourth-order valence-electron chi connectivity index (χ4n) is 2.00. The lowest BCUT2D eigenvalue weighted by Crippen LogP contribution is -2.32. The zero-order valence-corrected chi connectivity index (χ0v) is 10.7. The average Bonchev–Trinajstić information content (AvgIpc) is 2.81. The predicted octanol–water partition coefficient (Wildman–Crippen LogP) is 1.05. The first-order chi connectivity index (χ1) is 8.59. The van der Waals surface area contributed by atoms with Crippen LogP contribution in [0.2, 0.25) is 0 Å². The normalized spacial score (nSPS) is 19.4. The maximum absolute atomic E-state index is 11.9. The molecule has 0 saturated carbocycles. The average molecular weight is 265 g/mol. The summed E-state index contributed by atoms with van der Waals surface area (Å²) in [5, 5.41) is 11.8. The van der Waals surface area contributed by atoms with Crippen molar-refractivity contribution in [3.8, 4) is 6.07 Å². The number of nitrogens with one attached hydrogen (secondary N) is 2. The third-order valence-corrected chi connectivity index (χ3v) is 4.26. The van der Waals surface area contributed by atoms with Gasteiger partial charge in [0, 0.05) is 11.7 Å². The Labute approximate surface area is 107 Å². The van der Waals surface area contributed by atoms with Gasteiger partial charge < -0.3 is 5.32 Å². The van der Waals surface area contributed by atoms with Crippen molar-refractivity contribution < 1.29 is 8.42 Å². The predicted molar refractivity (Wildman–Crippen MR) is 69.6 cm³/mol. The molecule has 96 valence electrons. The summed E-state index contributed by atoms with van der Waals surface area (Å²) in [6.07, 6.45) is 1.92. The quantitative estimate of drug-likeness (QED) is 0.852. The van der Waals surface area contributed by atoms with E-state index in [4.69, 9.17) is 5.26 Å². The van der Waals surface area contributed by atoms with Crippen LogP contribution in [0.4, 0.5) is 5.69 Å². The molecule has 2 rings (SSSR count). The highest BCUT2D eigenvalue weighted by Crippen LogP contribution is 2.13. The van der Waals surface area contributed by atoms with Gasteiger partial charge in [-0.25, -0.2) is 8.42 Å². The fraction of sp³-hybridized carbons (Fsp3) is 0.417. The number of hydrogen-bond donors (Lipinski definition) is 2. The third kappa shape index (κ3) is 3.45. The molecule has 0 aliphatic carbocycles. The van der Waals surface area contributed by atoms with E-state index in [2.05, 4.69) is 10.0 Å². The van der Waals surface area contributed by atoms with E-state index in [1.807, 2.05) is 6.07 Å². The maximum atomic E-state index is 11.9. The lowest BCUT2D eigenvalue weighted by atomic mass is 10.2. The van der Waals surface area contributed by atoms with Crippen LogP contribution in [0.5, 0.6) is 0 Å². The van der Waals surface area contributed by atoms with E-state index in [1.165, 1.54) is 0 Å². The van der Waals surface area contributed by atoms with Crippen LogP contribution in [0.25, 0.3) is 0 Å². The Bertz CT molecular complexity index is 540. The van der Waals surface area contributed by atoms with Gasteiger partial charge in [0.05, 0.1) is 17.4 Å². The smallest absolute Gasteiger partial charge is 0.234 e. The van der Waals surface area contributed by atoms with Crippen LogP contribution in [-0.4, -0.2) is 26.8 Å². The van der Waals surface area contributed by atoms with E-state index >= 15 is 0 Å². The summed E-state index contributed by atoms with van der Waals surface area (Å²) < 4.78 is 26.3. The Kier molecular flexibility index (Phi) is 3.84. The zero-order chi connectivity index (χ0) is 13.0. The van der Waals surface area contributed by atoms with Crippen LogP contribution < -0.4 is 10.0 Å². The Morgan fingerprint density at radius 2 is 2.11 bits per heavy atom. The molecular weight excluding hydrogens is 250 g/mol. The van der Waals surface area contributed by atoms with E-state index in [0.717, 1.165) is 19.4 Å². The third-order valence-electron chi connectivity index (χ3n) is 2.87. The molecule has 18 heavy (non-hydrogen) atoms. The number of nitriles is 1. The minimum atomic E-state index is -3.33. The van der Waals surface area contributed by atoms with Crippen molar-refractivity contribution in [2.45, 2.75) is 18.9 Å². The summed E-state index contributed by atoms with van der Waals surface area (Å²) in [6, 6.07) is 8.40. The highest BCUT2D eigenvalue weighted by Gasteiger charge is 2.21. The molecular formula is C12H15N3O2S. The first-order valence-corrected chi connectivity index (χ1v) is 7.48. The summed E-state index contributed by atoms with van der Waals surface area (Å²) >= 11 is 0. The summed E-state index contributed by atoms with van der Waals surface area (Å²) in [5.41, 5.74) is 1.00. The Hall–Kier alpha value is -1.58. The lowest BCUT2D eigenvalue weighted by Gasteiger charge is -2.12. The standard InChI is InChI=1S/C12H15N3O2S/c13-8-10-3-5-11(6-4-10)15-18(16,17)9-12-2-1-7-14-12/h3-6,12,14-15H,1-2,7,9H2. The SMILES string of the molecule is N#Cc1ccc(NS(=O)(=O)CC2CCCN2)cc1. The molecule has 0 bridgehead atoms. The summed E-state index contributed by atoms with van der Waals surface area (Å²) in [4.78, 5) is 0. The Balaban J connectivity index is 2.00. The largest absolute Gasteiger partial charge is 0.313 e.